The maximum absolute atomic E-state index is 8.48. The van der Waals surface area contributed by atoms with Crippen LogP contribution in [0.1, 0.15) is 17.8 Å². The number of hydrogen-bond donors (Lipinski definition) is 1. The van der Waals surface area contributed by atoms with E-state index in [1.807, 2.05) is 25.1 Å². The molecule has 0 fully saturated rings. The number of rotatable bonds is 1. The highest BCUT2D eigenvalue weighted by molar-refractivity contribution is 5.28. The van der Waals surface area contributed by atoms with Gasteiger partial charge in [-0.2, -0.15) is 0 Å². The number of hydrogen-bond acceptors (Lipinski definition) is 2. The van der Waals surface area contributed by atoms with Crippen LogP contribution in [0.5, 0.6) is 0 Å². The Morgan fingerprint density at radius 3 is 3.00 bits per heavy atom. The molecule has 0 bridgehead atoms. The van der Waals surface area contributed by atoms with E-state index in [2.05, 4.69) is 16.8 Å². The van der Waals surface area contributed by atoms with Gasteiger partial charge in [0.15, 0.2) is 0 Å². The number of nitrogens with zero attached hydrogens (tertiary/aromatic N) is 1. The normalized spacial score (nSPS) is 8.83. The lowest BCUT2D eigenvalue weighted by Gasteiger charge is -1.90. The number of aliphatic hydroxyl groups is 1. The Bertz CT molecular complexity index is 309. The predicted molar refractivity (Wildman–Crippen MR) is 47.6 cm³/mol. The highest BCUT2D eigenvalue weighted by atomic mass is 16.2. The molecule has 0 atom stereocenters. The minimum Gasteiger partial charge on any atom is -0.395 e. The summed E-state index contributed by atoms with van der Waals surface area (Å²) in [5.41, 5.74) is 1.73. The van der Waals surface area contributed by atoms with E-state index in [0.717, 1.165) is 11.4 Å². The Morgan fingerprint density at radius 1 is 1.50 bits per heavy atom. The summed E-state index contributed by atoms with van der Waals surface area (Å²) in [5.74, 6) is 5.68. The van der Waals surface area contributed by atoms with Crippen molar-refractivity contribution in [2.24, 2.45) is 0 Å². The van der Waals surface area contributed by atoms with Gasteiger partial charge in [-0.1, -0.05) is 12.0 Å². The fourth-order valence-electron chi connectivity index (χ4n) is 0.822. The zero-order chi connectivity index (χ0) is 8.81. The number of aliphatic hydroxyl groups excluding tert-OH is 1. The fourth-order valence-corrected chi connectivity index (χ4v) is 0.822. The van der Waals surface area contributed by atoms with Gasteiger partial charge in [0, 0.05) is 12.1 Å². The van der Waals surface area contributed by atoms with Gasteiger partial charge in [-0.3, -0.25) is 0 Å². The molecule has 0 unspecified atom stereocenters. The van der Waals surface area contributed by atoms with Gasteiger partial charge in [0.05, 0.1) is 6.61 Å². The zero-order valence-electron chi connectivity index (χ0n) is 7.04. The van der Waals surface area contributed by atoms with Crippen LogP contribution in [0.3, 0.4) is 0 Å². The summed E-state index contributed by atoms with van der Waals surface area (Å²) in [6.07, 6.45) is 0.510. The van der Waals surface area contributed by atoms with E-state index in [9.17, 15) is 0 Å². The highest BCUT2D eigenvalue weighted by Gasteiger charge is 1.86. The largest absolute Gasteiger partial charge is 0.395 e. The minimum absolute atomic E-state index is 0.110. The van der Waals surface area contributed by atoms with Crippen LogP contribution in [0.25, 0.3) is 0 Å². The highest BCUT2D eigenvalue weighted by Crippen LogP contribution is 1.95. The molecule has 0 aromatic carbocycles. The van der Waals surface area contributed by atoms with Crippen molar-refractivity contribution in [3.8, 4) is 11.8 Å². The van der Waals surface area contributed by atoms with E-state index in [4.69, 9.17) is 5.11 Å². The number of aryl methyl sites for hydroxylation is 1. The lowest BCUT2D eigenvalue weighted by atomic mass is 10.3. The average molecular weight is 161 g/mol. The standard InChI is InChI=1S/C10H11NO/c1-9-5-4-7-10(11-9)6-2-3-8-12/h4-5,7,12H,3,8H2,1H3. The third-order valence-corrected chi connectivity index (χ3v) is 1.34. The summed E-state index contributed by atoms with van der Waals surface area (Å²) in [5, 5.41) is 8.48. The van der Waals surface area contributed by atoms with Crippen molar-refractivity contribution < 1.29 is 5.11 Å². The second-order valence-electron chi connectivity index (χ2n) is 2.44. The first kappa shape index (κ1) is 8.76. The van der Waals surface area contributed by atoms with E-state index >= 15 is 0 Å². The molecule has 1 heterocycles. The first-order valence-corrected chi connectivity index (χ1v) is 3.86. The van der Waals surface area contributed by atoms with Gasteiger partial charge in [0.25, 0.3) is 0 Å². The van der Waals surface area contributed by atoms with Crippen LogP contribution < -0.4 is 0 Å². The topological polar surface area (TPSA) is 33.1 Å². The van der Waals surface area contributed by atoms with E-state index in [1.54, 1.807) is 0 Å². The summed E-state index contributed by atoms with van der Waals surface area (Å²) in [7, 11) is 0. The van der Waals surface area contributed by atoms with Gasteiger partial charge in [0.1, 0.15) is 5.69 Å². The van der Waals surface area contributed by atoms with E-state index in [1.165, 1.54) is 0 Å². The second kappa shape index (κ2) is 4.53. The van der Waals surface area contributed by atoms with E-state index < -0.39 is 0 Å². The third-order valence-electron chi connectivity index (χ3n) is 1.34. The summed E-state index contributed by atoms with van der Waals surface area (Å²) < 4.78 is 0. The van der Waals surface area contributed by atoms with Crippen molar-refractivity contribution in [3.63, 3.8) is 0 Å². The van der Waals surface area contributed by atoms with Gasteiger partial charge in [-0.05, 0) is 25.0 Å². The molecule has 12 heavy (non-hydrogen) atoms. The van der Waals surface area contributed by atoms with Crippen molar-refractivity contribution in [2.75, 3.05) is 6.61 Å². The van der Waals surface area contributed by atoms with E-state index in [0.29, 0.717) is 6.42 Å². The Hall–Kier alpha value is -1.33. The second-order valence-corrected chi connectivity index (χ2v) is 2.44. The number of pyridine rings is 1. The van der Waals surface area contributed by atoms with Gasteiger partial charge >= 0.3 is 0 Å². The maximum Gasteiger partial charge on any atom is 0.113 e. The molecule has 1 N–H and O–H groups in total. The van der Waals surface area contributed by atoms with Crippen LogP contribution in [0, 0.1) is 18.8 Å². The molecule has 0 spiro atoms. The lowest BCUT2D eigenvalue weighted by Crippen LogP contribution is -1.85. The molecule has 0 amide bonds. The molecule has 2 heteroatoms. The molecule has 0 aliphatic rings. The van der Waals surface area contributed by atoms with Crippen LogP contribution >= 0.6 is 0 Å². The molecular weight excluding hydrogens is 150 g/mol. The Balaban J connectivity index is 2.71. The third kappa shape index (κ3) is 2.73. The van der Waals surface area contributed by atoms with Crippen LogP contribution in [0.4, 0.5) is 0 Å². The molecular formula is C10H11NO. The minimum atomic E-state index is 0.110. The maximum atomic E-state index is 8.48. The summed E-state index contributed by atoms with van der Waals surface area (Å²) in [4.78, 5) is 4.19. The van der Waals surface area contributed by atoms with Crippen LogP contribution in [0.2, 0.25) is 0 Å². The van der Waals surface area contributed by atoms with Gasteiger partial charge in [0.2, 0.25) is 0 Å². The lowest BCUT2D eigenvalue weighted by molar-refractivity contribution is 0.305. The molecule has 0 radical (unpaired) electrons. The van der Waals surface area contributed by atoms with Crippen molar-refractivity contribution in [1.82, 2.24) is 4.98 Å². The van der Waals surface area contributed by atoms with Crippen LogP contribution in [-0.2, 0) is 0 Å². The van der Waals surface area contributed by atoms with Gasteiger partial charge in [-0.15, -0.1) is 0 Å². The molecule has 2 nitrogen and oxygen atoms in total. The fraction of sp³-hybridized carbons (Fsp3) is 0.300. The Kier molecular flexibility index (Phi) is 3.31. The predicted octanol–water partition coefficient (Wildman–Crippen LogP) is 1.12. The molecule has 0 saturated carbocycles. The molecule has 1 rings (SSSR count). The number of aromatic nitrogens is 1. The van der Waals surface area contributed by atoms with Gasteiger partial charge in [-0.25, -0.2) is 4.98 Å². The summed E-state index contributed by atoms with van der Waals surface area (Å²) in [6.45, 7) is 2.04. The molecule has 0 aliphatic heterocycles. The molecule has 1 aromatic rings. The monoisotopic (exact) mass is 161 g/mol. The van der Waals surface area contributed by atoms with E-state index in [-0.39, 0.29) is 6.61 Å². The van der Waals surface area contributed by atoms with Gasteiger partial charge < -0.3 is 5.11 Å². The van der Waals surface area contributed by atoms with Crippen molar-refractivity contribution in [3.05, 3.63) is 29.6 Å². The van der Waals surface area contributed by atoms with Crippen molar-refractivity contribution in [1.29, 1.82) is 0 Å². The molecule has 0 aliphatic carbocycles. The quantitative estimate of drug-likeness (QED) is 0.626. The Labute approximate surface area is 72.3 Å². The van der Waals surface area contributed by atoms with Crippen LogP contribution in [-0.4, -0.2) is 16.7 Å². The zero-order valence-corrected chi connectivity index (χ0v) is 7.04. The average Bonchev–Trinajstić information content (AvgIpc) is 2.05. The van der Waals surface area contributed by atoms with Crippen LogP contribution in [0.15, 0.2) is 18.2 Å². The summed E-state index contributed by atoms with van der Waals surface area (Å²) in [6, 6.07) is 5.71. The molecule has 0 saturated heterocycles. The van der Waals surface area contributed by atoms with Crippen molar-refractivity contribution in [2.45, 2.75) is 13.3 Å². The molecule has 1 aromatic heterocycles. The molecule has 62 valence electrons. The smallest absolute Gasteiger partial charge is 0.113 e. The first-order valence-electron chi connectivity index (χ1n) is 3.86. The SMILES string of the molecule is Cc1cccc(C#CCCO)n1. The Morgan fingerprint density at radius 2 is 2.33 bits per heavy atom. The van der Waals surface area contributed by atoms with Crippen molar-refractivity contribution >= 4 is 0 Å². The summed E-state index contributed by atoms with van der Waals surface area (Å²) >= 11 is 0. The first-order chi connectivity index (χ1) is 5.83.